The zero-order valence-electron chi connectivity index (χ0n) is 17.2. The molecule has 0 aliphatic heterocycles. The Balaban J connectivity index is 1.56. The molecule has 8 heteroatoms. The fraction of sp³-hybridized carbons (Fsp3) is 0.348. The summed E-state index contributed by atoms with van der Waals surface area (Å²) < 4.78 is 32.6. The number of esters is 1. The molecule has 0 saturated heterocycles. The number of anilines is 1. The molecular weight excluding hydrogens is 406 g/mol. The van der Waals surface area contributed by atoms with Crippen LogP contribution in [0.15, 0.2) is 48.5 Å². The summed E-state index contributed by atoms with van der Waals surface area (Å²) in [6, 6.07) is 11.3. The van der Waals surface area contributed by atoms with E-state index in [1.54, 1.807) is 18.2 Å². The first kappa shape index (κ1) is 22.4. The van der Waals surface area contributed by atoms with Gasteiger partial charge in [-0.3, -0.25) is 14.4 Å². The lowest BCUT2D eigenvalue weighted by Crippen LogP contribution is -2.40. The van der Waals surface area contributed by atoms with Crippen LogP contribution in [0.1, 0.15) is 31.2 Å². The second-order valence-electron chi connectivity index (χ2n) is 7.65. The maximum Gasteiger partial charge on any atom is 0.317 e. The standard InChI is InChI=1S/C23H24F2N2O4/c1-27(14-20(28)26-17-10-8-16(24)9-11-17)21(29)15-31-22(30)23(12-4-5-13-23)18-6-2-3-7-19(18)25/h2-3,6-11H,4-5,12-15H2,1H3,(H,26,28). The minimum absolute atomic E-state index is 0.272. The van der Waals surface area contributed by atoms with Crippen LogP contribution < -0.4 is 5.32 Å². The van der Waals surface area contributed by atoms with E-state index in [2.05, 4.69) is 5.32 Å². The van der Waals surface area contributed by atoms with Crippen molar-refractivity contribution in [1.82, 2.24) is 4.90 Å². The Labute approximate surface area is 179 Å². The zero-order valence-corrected chi connectivity index (χ0v) is 17.2. The molecule has 2 aromatic rings. The minimum atomic E-state index is -1.09. The Hall–Kier alpha value is -3.29. The van der Waals surface area contributed by atoms with E-state index in [1.165, 1.54) is 37.4 Å². The number of ether oxygens (including phenoxy) is 1. The van der Waals surface area contributed by atoms with Crippen molar-refractivity contribution < 1.29 is 27.9 Å². The summed E-state index contributed by atoms with van der Waals surface area (Å²) in [6.07, 6.45) is 2.44. The predicted octanol–water partition coefficient (Wildman–Crippen LogP) is 3.42. The third kappa shape index (κ3) is 5.25. The molecule has 1 saturated carbocycles. The Morgan fingerprint density at radius 1 is 1.03 bits per heavy atom. The number of carbonyl (C=O) groups excluding carboxylic acids is 3. The van der Waals surface area contributed by atoms with Crippen molar-refractivity contribution in [3.05, 3.63) is 65.7 Å². The fourth-order valence-electron chi connectivity index (χ4n) is 3.82. The number of rotatable bonds is 7. The summed E-state index contributed by atoms with van der Waals surface area (Å²) in [6.45, 7) is -0.818. The van der Waals surface area contributed by atoms with Gasteiger partial charge in [0.25, 0.3) is 5.91 Å². The van der Waals surface area contributed by atoms with Gasteiger partial charge in [0.05, 0.1) is 12.0 Å². The largest absolute Gasteiger partial charge is 0.455 e. The summed E-state index contributed by atoms with van der Waals surface area (Å²) in [5.74, 6) is -2.57. The van der Waals surface area contributed by atoms with E-state index in [4.69, 9.17) is 4.74 Å². The van der Waals surface area contributed by atoms with Crippen LogP contribution in [-0.4, -0.2) is 42.9 Å². The molecule has 1 N–H and O–H groups in total. The Morgan fingerprint density at radius 2 is 1.68 bits per heavy atom. The molecule has 0 heterocycles. The average Bonchev–Trinajstić information content (AvgIpc) is 3.24. The van der Waals surface area contributed by atoms with Gasteiger partial charge in [-0.2, -0.15) is 0 Å². The highest BCUT2D eigenvalue weighted by molar-refractivity contribution is 5.95. The number of carbonyl (C=O) groups is 3. The third-order valence-corrected chi connectivity index (χ3v) is 5.50. The third-order valence-electron chi connectivity index (χ3n) is 5.50. The number of nitrogens with one attached hydrogen (secondary N) is 1. The maximum absolute atomic E-state index is 14.4. The SMILES string of the molecule is CN(CC(=O)Nc1ccc(F)cc1)C(=O)COC(=O)C1(c2ccccc2F)CCCC1. The molecule has 1 fully saturated rings. The van der Waals surface area contributed by atoms with E-state index in [9.17, 15) is 23.2 Å². The summed E-state index contributed by atoms with van der Waals surface area (Å²) in [4.78, 5) is 38.4. The molecule has 3 rings (SSSR count). The Bertz CT molecular complexity index is 956. The lowest BCUT2D eigenvalue weighted by atomic mass is 9.78. The van der Waals surface area contributed by atoms with Crippen LogP contribution in [0.4, 0.5) is 14.5 Å². The number of amides is 2. The van der Waals surface area contributed by atoms with Gasteiger partial charge in [-0.1, -0.05) is 31.0 Å². The molecule has 0 atom stereocenters. The first-order valence-corrected chi connectivity index (χ1v) is 10.0. The first-order chi connectivity index (χ1) is 14.8. The molecule has 0 radical (unpaired) electrons. The zero-order chi connectivity index (χ0) is 22.4. The van der Waals surface area contributed by atoms with E-state index in [0.717, 1.165) is 17.7 Å². The van der Waals surface area contributed by atoms with E-state index in [-0.39, 0.29) is 12.1 Å². The first-order valence-electron chi connectivity index (χ1n) is 10.0. The molecule has 0 aromatic heterocycles. The van der Waals surface area contributed by atoms with Crippen LogP contribution in [0.2, 0.25) is 0 Å². The highest BCUT2D eigenvalue weighted by Crippen LogP contribution is 2.43. The van der Waals surface area contributed by atoms with Crippen LogP contribution in [-0.2, 0) is 24.5 Å². The molecule has 1 aliphatic rings. The number of hydrogen-bond acceptors (Lipinski definition) is 4. The Kier molecular flexibility index (Phi) is 6.99. The van der Waals surface area contributed by atoms with Gasteiger partial charge in [0, 0.05) is 18.3 Å². The highest BCUT2D eigenvalue weighted by Gasteiger charge is 2.46. The molecule has 2 amide bonds. The van der Waals surface area contributed by atoms with E-state index in [0.29, 0.717) is 18.5 Å². The van der Waals surface area contributed by atoms with Gasteiger partial charge in [-0.25, -0.2) is 8.78 Å². The van der Waals surface area contributed by atoms with E-state index < -0.39 is 41.4 Å². The van der Waals surface area contributed by atoms with Crippen LogP contribution in [0.25, 0.3) is 0 Å². The second kappa shape index (κ2) is 9.68. The minimum Gasteiger partial charge on any atom is -0.455 e. The van der Waals surface area contributed by atoms with Gasteiger partial charge in [-0.05, 0) is 43.2 Å². The average molecular weight is 430 g/mol. The number of likely N-dealkylation sites (N-methyl/N-ethyl adjacent to an activating group) is 1. The predicted molar refractivity (Wildman–Crippen MR) is 110 cm³/mol. The number of benzene rings is 2. The molecule has 0 unspecified atom stereocenters. The summed E-state index contributed by atoms with van der Waals surface area (Å²) in [5, 5.41) is 2.55. The van der Waals surface area contributed by atoms with Crippen molar-refractivity contribution >= 4 is 23.5 Å². The van der Waals surface area contributed by atoms with Crippen LogP contribution in [0.3, 0.4) is 0 Å². The smallest absolute Gasteiger partial charge is 0.317 e. The van der Waals surface area contributed by atoms with Gasteiger partial charge in [0.1, 0.15) is 11.6 Å². The van der Waals surface area contributed by atoms with Gasteiger partial charge in [0.15, 0.2) is 6.61 Å². The molecule has 2 aromatic carbocycles. The van der Waals surface area contributed by atoms with Gasteiger partial charge in [0.2, 0.25) is 5.91 Å². The van der Waals surface area contributed by atoms with Crippen LogP contribution >= 0.6 is 0 Å². The quantitative estimate of drug-likeness (QED) is 0.683. The molecule has 0 bridgehead atoms. The van der Waals surface area contributed by atoms with Crippen molar-refractivity contribution in [2.45, 2.75) is 31.1 Å². The number of nitrogens with zero attached hydrogens (tertiary/aromatic N) is 1. The molecule has 164 valence electrons. The Morgan fingerprint density at radius 3 is 2.32 bits per heavy atom. The molecule has 0 spiro atoms. The summed E-state index contributed by atoms with van der Waals surface area (Å²) >= 11 is 0. The molecule has 31 heavy (non-hydrogen) atoms. The molecule has 6 nitrogen and oxygen atoms in total. The number of halogens is 2. The van der Waals surface area contributed by atoms with Gasteiger partial charge < -0.3 is 15.0 Å². The van der Waals surface area contributed by atoms with Crippen LogP contribution in [0.5, 0.6) is 0 Å². The van der Waals surface area contributed by atoms with E-state index in [1.807, 2.05) is 0 Å². The normalized spacial score (nSPS) is 14.7. The van der Waals surface area contributed by atoms with Crippen molar-refractivity contribution in [2.75, 3.05) is 25.5 Å². The summed E-state index contributed by atoms with van der Waals surface area (Å²) in [5.41, 5.74) is -0.409. The van der Waals surface area contributed by atoms with Crippen molar-refractivity contribution in [3.8, 4) is 0 Å². The van der Waals surface area contributed by atoms with Crippen molar-refractivity contribution in [1.29, 1.82) is 0 Å². The lowest BCUT2D eigenvalue weighted by molar-refractivity contribution is -0.157. The van der Waals surface area contributed by atoms with Gasteiger partial charge in [-0.15, -0.1) is 0 Å². The number of hydrogen-bond donors (Lipinski definition) is 1. The highest BCUT2D eigenvalue weighted by atomic mass is 19.1. The fourth-order valence-corrected chi connectivity index (χ4v) is 3.82. The van der Waals surface area contributed by atoms with E-state index >= 15 is 0 Å². The lowest BCUT2D eigenvalue weighted by Gasteiger charge is -2.28. The monoisotopic (exact) mass is 430 g/mol. The molecule has 1 aliphatic carbocycles. The summed E-state index contributed by atoms with van der Waals surface area (Å²) in [7, 11) is 1.41. The molecular formula is C23H24F2N2O4. The topological polar surface area (TPSA) is 75.7 Å². The van der Waals surface area contributed by atoms with Crippen molar-refractivity contribution in [2.24, 2.45) is 0 Å². The van der Waals surface area contributed by atoms with Crippen LogP contribution in [0, 0.1) is 11.6 Å². The maximum atomic E-state index is 14.4. The second-order valence-corrected chi connectivity index (χ2v) is 7.65. The van der Waals surface area contributed by atoms with Gasteiger partial charge >= 0.3 is 5.97 Å². The van der Waals surface area contributed by atoms with Crippen molar-refractivity contribution in [3.63, 3.8) is 0 Å².